The van der Waals surface area contributed by atoms with E-state index in [0.717, 1.165) is 0 Å². The molecule has 0 unspecified atom stereocenters. The summed E-state index contributed by atoms with van der Waals surface area (Å²) in [6.45, 7) is 6.01. The molecule has 35 heavy (non-hydrogen) atoms. The second-order valence-corrected chi connectivity index (χ2v) is 11.4. The van der Waals surface area contributed by atoms with Crippen molar-refractivity contribution in [2.75, 3.05) is 13.1 Å². The Morgan fingerprint density at radius 1 is 1.06 bits per heavy atom. The second kappa shape index (κ2) is 9.67. The van der Waals surface area contributed by atoms with Crippen LogP contribution in [0.3, 0.4) is 0 Å². The highest BCUT2D eigenvalue weighted by atomic mass is 32.2. The van der Waals surface area contributed by atoms with Gasteiger partial charge in [0.25, 0.3) is 0 Å². The molecule has 0 saturated carbocycles. The number of rotatable bonds is 7. The third-order valence-corrected chi connectivity index (χ3v) is 7.24. The maximum Gasteiger partial charge on any atom is 0.349 e. The van der Waals surface area contributed by atoms with Gasteiger partial charge in [0, 0.05) is 24.2 Å². The molecule has 0 amide bonds. The lowest BCUT2D eigenvalue weighted by molar-refractivity contribution is -0.146. The number of hydrogen-bond acceptors (Lipinski definition) is 8. The summed E-state index contributed by atoms with van der Waals surface area (Å²) in [6, 6.07) is 12.9. The predicted molar refractivity (Wildman–Crippen MR) is 129 cm³/mol. The first-order valence-electron chi connectivity index (χ1n) is 11.2. The van der Waals surface area contributed by atoms with E-state index >= 15 is 0 Å². The highest BCUT2D eigenvalue weighted by Gasteiger charge is 2.33. The predicted octanol–water partition coefficient (Wildman–Crippen LogP) is 4.00. The van der Waals surface area contributed by atoms with Crippen LogP contribution in [-0.2, 0) is 25.1 Å². The Kier molecular flexibility index (Phi) is 6.82. The van der Waals surface area contributed by atoms with Crippen LogP contribution in [0.15, 0.2) is 70.4 Å². The fourth-order valence-corrected chi connectivity index (χ4v) is 4.84. The average Bonchev–Trinajstić information content (AvgIpc) is 3.30. The quantitative estimate of drug-likeness (QED) is 0.385. The van der Waals surface area contributed by atoms with Crippen molar-refractivity contribution in [2.24, 2.45) is 5.41 Å². The van der Waals surface area contributed by atoms with Gasteiger partial charge >= 0.3 is 11.9 Å². The summed E-state index contributed by atoms with van der Waals surface area (Å²) in [5.41, 5.74) is 0.318. The number of ether oxygens (including phenoxy) is 2. The van der Waals surface area contributed by atoms with Crippen molar-refractivity contribution >= 4 is 21.8 Å². The Hall–Kier alpha value is -3.43. The second-order valence-electron chi connectivity index (χ2n) is 9.39. The van der Waals surface area contributed by atoms with Crippen LogP contribution in [0.25, 0.3) is 11.1 Å². The van der Waals surface area contributed by atoms with Gasteiger partial charge in [-0.15, -0.1) is 0 Å². The maximum atomic E-state index is 13.4. The SMILES string of the molecule is CC(C)(C)C(=O)OC(=O)c1c(CS(=O)(=O)c2ccccc2)ccc(-c2ccoc2)c1OC1CNC1. The molecule has 1 N–H and O–H groups in total. The summed E-state index contributed by atoms with van der Waals surface area (Å²) in [5, 5.41) is 3.10. The molecule has 8 nitrogen and oxygen atoms in total. The van der Waals surface area contributed by atoms with Gasteiger partial charge in [0.2, 0.25) is 0 Å². The summed E-state index contributed by atoms with van der Waals surface area (Å²) in [6.07, 6.45) is 2.75. The number of carbonyl (C=O) groups is 2. The Morgan fingerprint density at radius 3 is 2.34 bits per heavy atom. The molecule has 0 aliphatic carbocycles. The molecule has 2 heterocycles. The molecule has 184 valence electrons. The van der Waals surface area contributed by atoms with Gasteiger partial charge in [-0.1, -0.05) is 30.3 Å². The van der Waals surface area contributed by atoms with Crippen molar-refractivity contribution in [3.63, 3.8) is 0 Å². The molecule has 9 heteroatoms. The largest absolute Gasteiger partial charge is 0.486 e. The Balaban J connectivity index is 1.85. The first-order chi connectivity index (χ1) is 16.6. The van der Waals surface area contributed by atoms with Gasteiger partial charge in [-0.25, -0.2) is 13.2 Å². The van der Waals surface area contributed by atoms with E-state index in [4.69, 9.17) is 13.9 Å². The molecule has 4 rings (SSSR count). The number of sulfone groups is 1. The topological polar surface area (TPSA) is 112 Å². The summed E-state index contributed by atoms with van der Waals surface area (Å²) >= 11 is 0. The van der Waals surface area contributed by atoms with E-state index in [0.29, 0.717) is 24.2 Å². The van der Waals surface area contributed by atoms with Gasteiger partial charge in [0.05, 0.1) is 28.6 Å². The normalized spacial score (nSPS) is 14.3. The number of benzene rings is 2. The Labute approximate surface area is 204 Å². The van der Waals surface area contributed by atoms with Gasteiger partial charge in [-0.05, 0) is 44.5 Å². The van der Waals surface area contributed by atoms with Crippen LogP contribution in [0.1, 0.15) is 36.7 Å². The smallest absolute Gasteiger partial charge is 0.349 e. The molecule has 1 aliphatic heterocycles. The van der Waals surface area contributed by atoms with E-state index in [1.165, 1.54) is 24.7 Å². The first-order valence-corrected chi connectivity index (χ1v) is 12.8. The van der Waals surface area contributed by atoms with Gasteiger partial charge in [-0.3, -0.25) is 4.79 Å². The fourth-order valence-electron chi connectivity index (χ4n) is 3.45. The van der Waals surface area contributed by atoms with Crippen molar-refractivity contribution in [3.05, 3.63) is 72.2 Å². The first kappa shape index (κ1) is 24.7. The number of esters is 2. The Morgan fingerprint density at radius 2 is 1.77 bits per heavy atom. The highest BCUT2D eigenvalue weighted by Crippen LogP contribution is 2.38. The molecular formula is C26H27NO7S. The number of furan rings is 1. The highest BCUT2D eigenvalue weighted by molar-refractivity contribution is 7.90. The minimum Gasteiger partial charge on any atom is -0.486 e. The number of nitrogens with one attached hydrogen (secondary N) is 1. The van der Waals surface area contributed by atoms with E-state index in [1.807, 2.05) is 0 Å². The van der Waals surface area contributed by atoms with Gasteiger partial charge in [0.15, 0.2) is 9.84 Å². The van der Waals surface area contributed by atoms with Crippen molar-refractivity contribution in [1.29, 1.82) is 0 Å². The molecule has 3 aromatic rings. The molecule has 0 spiro atoms. The molecule has 0 atom stereocenters. The lowest BCUT2D eigenvalue weighted by atomic mass is 9.97. The zero-order valence-electron chi connectivity index (χ0n) is 19.7. The summed E-state index contributed by atoms with van der Waals surface area (Å²) in [7, 11) is -3.81. The third-order valence-electron chi connectivity index (χ3n) is 5.55. The molecule has 1 aromatic heterocycles. The van der Waals surface area contributed by atoms with Crippen molar-refractivity contribution in [1.82, 2.24) is 5.32 Å². The molecule has 1 aliphatic rings. The van der Waals surface area contributed by atoms with Gasteiger partial charge in [0.1, 0.15) is 17.4 Å². The molecule has 1 saturated heterocycles. The van der Waals surface area contributed by atoms with Crippen LogP contribution in [0, 0.1) is 5.41 Å². The van der Waals surface area contributed by atoms with Crippen molar-refractivity contribution in [3.8, 4) is 16.9 Å². The van der Waals surface area contributed by atoms with E-state index < -0.39 is 32.9 Å². The summed E-state index contributed by atoms with van der Waals surface area (Å²) < 4.78 is 43.0. The summed E-state index contributed by atoms with van der Waals surface area (Å²) in [5.74, 6) is -2.01. The van der Waals surface area contributed by atoms with Crippen LogP contribution >= 0.6 is 0 Å². The van der Waals surface area contributed by atoms with Crippen LogP contribution in [0.4, 0.5) is 0 Å². The standard InChI is InChI=1S/C26H27NO7S/c1-26(2,3)25(29)34-24(28)22-18(16-35(30,31)20-7-5-4-6-8-20)9-10-21(17-11-12-32-15-17)23(22)33-19-13-27-14-19/h4-12,15,19,27H,13-14,16H2,1-3H3. The number of carbonyl (C=O) groups excluding carboxylic acids is 2. The maximum absolute atomic E-state index is 13.4. The van der Waals surface area contributed by atoms with E-state index in [2.05, 4.69) is 5.32 Å². The van der Waals surface area contributed by atoms with E-state index in [9.17, 15) is 18.0 Å². The molecule has 2 aromatic carbocycles. The third kappa shape index (κ3) is 5.47. The van der Waals surface area contributed by atoms with E-state index in [-0.39, 0.29) is 27.9 Å². The van der Waals surface area contributed by atoms with Crippen molar-refractivity contribution in [2.45, 2.75) is 37.5 Å². The zero-order chi connectivity index (χ0) is 25.2. The van der Waals surface area contributed by atoms with Gasteiger partial charge < -0.3 is 19.2 Å². The van der Waals surface area contributed by atoms with Crippen LogP contribution in [-0.4, -0.2) is 39.5 Å². The molecular weight excluding hydrogens is 470 g/mol. The minimum absolute atomic E-state index is 0.0901. The molecule has 0 radical (unpaired) electrons. The van der Waals surface area contributed by atoms with E-state index in [1.54, 1.807) is 57.2 Å². The monoisotopic (exact) mass is 497 g/mol. The lowest BCUT2D eigenvalue weighted by Crippen LogP contribution is -2.50. The van der Waals surface area contributed by atoms with Gasteiger partial charge in [-0.2, -0.15) is 0 Å². The molecule has 0 bridgehead atoms. The number of hydrogen-bond donors (Lipinski definition) is 1. The minimum atomic E-state index is -3.81. The lowest BCUT2D eigenvalue weighted by Gasteiger charge is -2.30. The Bertz CT molecular complexity index is 1320. The van der Waals surface area contributed by atoms with Crippen LogP contribution < -0.4 is 10.1 Å². The van der Waals surface area contributed by atoms with Crippen molar-refractivity contribution < 1.29 is 31.9 Å². The zero-order valence-corrected chi connectivity index (χ0v) is 20.6. The van der Waals surface area contributed by atoms with Crippen LogP contribution in [0.2, 0.25) is 0 Å². The molecule has 1 fully saturated rings. The fraction of sp³-hybridized carbons (Fsp3) is 0.308. The average molecular weight is 498 g/mol. The summed E-state index contributed by atoms with van der Waals surface area (Å²) in [4.78, 5) is 26.1. The van der Waals surface area contributed by atoms with Crippen LogP contribution in [0.5, 0.6) is 5.75 Å².